The van der Waals surface area contributed by atoms with Gasteiger partial charge in [-0.1, -0.05) is 55.5 Å². The summed E-state index contributed by atoms with van der Waals surface area (Å²) in [6.45, 7) is 1.84. The van der Waals surface area contributed by atoms with Gasteiger partial charge in [0.15, 0.2) is 34.9 Å². The number of nitrogens with zero attached hydrogens (tertiary/aromatic N) is 6. The van der Waals surface area contributed by atoms with E-state index in [4.69, 9.17) is 9.47 Å². The predicted octanol–water partition coefficient (Wildman–Crippen LogP) is 8.49. The SMILES string of the molecule is CCC(Oc1ccc(-c2nc(-c3ccccc3O)nc(-c3ccccc3O)n2)c(O)c1)Oc1ccc(-c2nc(-c3ccccc3O)nc(-c3ccccc3O)n2)c(O)c1. The van der Waals surface area contributed by atoms with Gasteiger partial charge in [-0.15, -0.1) is 0 Å². The zero-order valence-electron chi connectivity index (χ0n) is 31.2. The smallest absolute Gasteiger partial charge is 0.240 e. The molecule has 14 nitrogen and oxygen atoms in total. The van der Waals surface area contributed by atoms with Crippen molar-refractivity contribution >= 4 is 0 Å². The molecule has 0 atom stereocenters. The molecular formula is C45H34N6O8. The zero-order chi connectivity index (χ0) is 41.0. The maximum atomic E-state index is 11.2. The Bertz CT molecular complexity index is 2520. The summed E-state index contributed by atoms with van der Waals surface area (Å²) in [6, 6.07) is 35.3. The summed E-state index contributed by atoms with van der Waals surface area (Å²) in [5.41, 5.74) is 1.79. The summed E-state index contributed by atoms with van der Waals surface area (Å²) in [6.07, 6.45) is -0.492. The molecule has 0 amide bonds. The van der Waals surface area contributed by atoms with E-state index in [1.807, 2.05) is 6.92 Å². The highest BCUT2D eigenvalue weighted by Crippen LogP contribution is 2.38. The van der Waals surface area contributed by atoms with Gasteiger partial charge in [0, 0.05) is 18.6 Å². The second kappa shape index (κ2) is 16.1. The van der Waals surface area contributed by atoms with Crippen LogP contribution in [0.1, 0.15) is 13.3 Å². The van der Waals surface area contributed by atoms with Gasteiger partial charge in [-0.3, -0.25) is 0 Å². The molecule has 0 unspecified atom stereocenters. The molecule has 0 fully saturated rings. The lowest BCUT2D eigenvalue weighted by atomic mass is 10.1. The van der Waals surface area contributed by atoms with Gasteiger partial charge >= 0.3 is 0 Å². The van der Waals surface area contributed by atoms with Gasteiger partial charge in [-0.2, -0.15) is 0 Å². The molecule has 14 heteroatoms. The topological polar surface area (TPSA) is 217 Å². The van der Waals surface area contributed by atoms with Crippen LogP contribution in [0.5, 0.6) is 46.0 Å². The molecule has 0 aliphatic heterocycles. The Balaban J connectivity index is 1.06. The third-order valence-corrected chi connectivity index (χ3v) is 9.14. The van der Waals surface area contributed by atoms with E-state index in [-0.39, 0.29) is 92.1 Å². The van der Waals surface area contributed by atoms with Crippen molar-refractivity contribution in [3.63, 3.8) is 0 Å². The van der Waals surface area contributed by atoms with Gasteiger partial charge in [0.1, 0.15) is 46.0 Å². The number of phenolic OH excluding ortho intramolecular Hbond substituents is 6. The van der Waals surface area contributed by atoms with Gasteiger partial charge in [0.2, 0.25) is 6.29 Å². The Morgan fingerprint density at radius 2 is 0.610 bits per heavy atom. The molecule has 6 N–H and O–H groups in total. The number of para-hydroxylation sites is 4. The fraction of sp³-hybridized carbons (Fsp3) is 0.0667. The van der Waals surface area contributed by atoms with Crippen LogP contribution < -0.4 is 9.47 Å². The number of benzene rings is 6. The number of hydrogen-bond acceptors (Lipinski definition) is 14. The quantitative estimate of drug-likeness (QED) is 0.0678. The summed E-state index contributed by atoms with van der Waals surface area (Å²) in [5.74, 6) is 0.509. The van der Waals surface area contributed by atoms with Crippen LogP contribution in [0, 0.1) is 0 Å². The van der Waals surface area contributed by atoms with Crippen LogP contribution in [-0.4, -0.2) is 66.8 Å². The molecule has 8 aromatic rings. The summed E-state index contributed by atoms with van der Waals surface area (Å²) in [5, 5.41) is 64.8. The van der Waals surface area contributed by atoms with E-state index >= 15 is 0 Å². The minimum Gasteiger partial charge on any atom is -0.507 e. The normalized spacial score (nSPS) is 11.1. The molecule has 8 rings (SSSR count). The lowest BCUT2D eigenvalue weighted by Crippen LogP contribution is -2.22. The zero-order valence-corrected chi connectivity index (χ0v) is 31.2. The lowest BCUT2D eigenvalue weighted by Gasteiger charge is -2.20. The minimum atomic E-state index is -0.861. The molecule has 0 radical (unpaired) electrons. The van der Waals surface area contributed by atoms with Crippen LogP contribution in [-0.2, 0) is 0 Å². The first-order valence-corrected chi connectivity index (χ1v) is 18.3. The standard InChI is InChI=1S/C45H34N6O8/c1-2-39(58-25-19-21-31(37(56)23-25)44-48-40(27-11-3-7-15-33(27)52)46-41(49-44)28-12-4-8-16-34(28)53)59-26-20-22-32(38(57)24-26)45-50-42(29-13-5-9-17-35(29)54)47-43(51-45)30-14-6-10-18-36(30)55/h3-24,39,52-57H,2H2,1H3. The van der Waals surface area contributed by atoms with Gasteiger partial charge in [-0.25, -0.2) is 29.9 Å². The average molecular weight is 787 g/mol. The van der Waals surface area contributed by atoms with Crippen molar-refractivity contribution in [1.82, 2.24) is 29.9 Å². The minimum absolute atomic E-state index is 0.0585. The second-order valence-corrected chi connectivity index (χ2v) is 13.1. The highest BCUT2D eigenvalue weighted by Gasteiger charge is 2.21. The summed E-state index contributed by atoms with van der Waals surface area (Å²) in [4.78, 5) is 27.2. The van der Waals surface area contributed by atoms with Gasteiger partial charge in [-0.05, 0) is 72.8 Å². The highest BCUT2D eigenvalue weighted by molar-refractivity contribution is 5.75. The third-order valence-electron chi connectivity index (χ3n) is 9.14. The lowest BCUT2D eigenvalue weighted by molar-refractivity contribution is 0.00310. The molecule has 2 heterocycles. The van der Waals surface area contributed by atoms with Crippen LogP contribution >= 0.6 is 0 Å². The number of rotatable bonds is 11. The van der Waals surface area contributed by atoms with E-state index in [9.17, 15) is 30.6 Å². The number of aromatic hydroxyl groups is 6. The highest BCUT2D eigenvalue weighted by atomic mass is 16.7. The second-order valence-electron chi connectivity index (χ2n) is 13.1. The van der Waals surface area contributed by atoms with Crippen molar-refractivity contribution < 1.29 is 40.1 Å². The van der Waals surface area contributed by atoms with Crippen LogP contribution in [0.3, 0.4) is 0 Å². The molecule has 2 aromatic heterocycles. The monoisotopic (exact) mass is 786 g/mol. The molecule has 0 aliphatic carbocycles. The molecule has 6 aromatic carbocycles. The van der Waals surface area contributed by atoms with Crippen molar-refractivity contribution in [1.29, 1.82) is 0 Å². The van der Waals surface area contributed by atoms with Crippen molar-refractivity contribution in [2.24, 2.45) is 0 Å². The molecule has 0 saturated heterocycles. The first kappa shape index (κ1) is 37.7. The fourth-order valence-corrected chi connectivity index (χ4v) is 6.17. The van der Waals surface area contributed by atoms with Gasteiger partial charge in [0.25, 0.3) is 0 Å². The molecule has 59 heavy (non-hydrogen) atoms. The number of aromatic nitrogens is 6. The van der Waals surface area contributed by atoms with Crippen LogP contribution in [0.15, 0.2) is 133 Å². The maximum absolute atomic E-state index is 11.2. The summed E-state index contributed by atoms with van der Waals surface area (Å²) < 4.78 is 12.2. The third kappa shape index (κ3) is 7.91. The Morgan fingerprint density at radius 1 is 0.356 bits per heavy atom. The maximum Gasteiger partial charge on any atom is 0.240 e. The van der Waals surface area contributed by atoms with Crippen molar-refractivity contribution in [3.05, 3.63) is 133 Å². The van der Waals surface area contributed by atoms with E-state index in [0.29, 0.717) is 28.7 Å². The van der Waals surface area contributed by atoms with Crippen molar-refractivity contribution in [2.45, 2.75) is 19.6 Å². The molecule has 0 spiro atoms. The number of ether oxygens (including phenoxy) is 2. The largest absolute Gasteiger partial charge is 0.507 e. The van der Waals surface area contributed by atoms with Crippen LogP contribution in [0.25, 0.3) is 68.3 Å². The van der Waals surface area contributed by atoms with Crippen LogP contribution in [0.2, 0.25) is 0 Å². The first-order valence-electron chi connectivity index (χ1n) is 18.3. The molecule has 0 saturated carbocycles. The Kier molecular flexibility index (Phi) is 10.3. The number of hydrogen-bond donors (Lipinski definition) is 6. The van der Waals surface area contributed by atoms with Gasteiger partial charge < -0.3 is 40.1 Å². The van der Waals surface area contributed by atoms with Crippen LogP contribution in [0.4, 0.5) is 0 Å². The van der Waals surface area contributed by atoms with E-state index in [0.717, 1.165) is 0 Å². The summed E-state index contributed by atoms with van der Waals surface area (Å²) in [7, 11) is 0. The van der Waals surface area contributed by atoms with E-state index in [2.05, 4.69) is 29.9 Å². The molecule has 292 valence electrons. The first-order chi connectivity index (χ1) is 28.6. The summed E-state index contributed by atoms with van der Waals surface area (Å²) >= 11 is 0. The number of phenols is 6. The Morgan fingerprint density at radius 3 is 0.847 bits per heavy atom. The predicted molar refractivity (Wildman–Crippen MR) is 218 cm³/mol. The van der Waals surface area contributed by atoms with E-state index in [1.54, 1.807) is 97.1 Å². The Hall–Kier alpha value is -8.26. The van der Waals surface area contributed by atoms with E-state index < -0.39 is 6.29 Å². The molecule has 0 bridgehead atoms. The molecule has 0 aliphatic rings. The Labute approximate surface area is 336 Å². The van der Waals surface area contributed by atoms with Gasteiger partial charge in [0.05, 0.1) is 33.4 Å². The van der Waals surface area contributed by atoms with Crippen molar-refractivity contribution in [2.75, 3.05) is 0 Å². The van der Waals surface area contributed by atoms with E-state index in [1.165, 1.54) is 36.4 Å². The van der Waals surface area contributed by atoms with Crippen molar-refractivity contribution in [3.8, 4) is 114 Å². The average Bonchev–Trinajstić information content (AvgIpc) is 3.24. The molecular weight excluding hydrogens is 753 g/mol. The fourth-order valence-electron chi connectivity index (χ4n) is 6.17.